The number of carbonyl (C=O) groups excluding carboxylic acids is 1. The van der Waals surface area contributed by atoms with Crippen LogP contribution < -0.4 is 16.4 Å². The highest BCUT2D eigenvalue weighted by molar-refractivity contribution is 5.74. The Morgan fingerprint density at radius 1 is 1.04 bits per heavy atom. The molecule has 5 aliphatic rings. The predicted molar refractivity (Wildman–Crippen MR) is 97.0 cm³/mol. The van der Waals surface area contributed by atoms with Crippen LogP contribution in [0.3, 0.4) is 0 Å². The number of piperidine rings is 1. The molecule has 142 valence electrons. The first-order valence-electron chi connectivity index (χ1n) is 10.1. The van der Waals surface area contributed by atoms with E-state index in [1.54, 1.807) is 0 Å². The third-order valence-electron chi connectivity index (χ3n) is 7.71. The number of hydrogen-bond donors (Lipinski definition) is 4. The molecule has 0 spiro atoms. The molecule has 25 heavy (non-hydrogen) atoms. The van der Waals surface area contributed by atoms with E-state index < -0.39 is 5.60 Å². The molecule has 5 fully saturated rings. The Balaban J connectivity index is 1.26. The van der Waals surface area contributed by atoms with E-state index >= 15 is 0 Å². The number of hydrogen-bond acceptors (Lipinski definition) is 4. The maximum Gasteiger partial charge on any atom is 0.314 e. The van der Waals surface area contributed by atoms with Crippen LogP contribution in [-0.4, -0.2) is 60.4 Å². The highest BCUT2D eigenvalue weighted by Gasteiger charge is 2.55. The standard InChI is InChI=1S/C19H34N4O2/c1-23-4-2-18(25,3-5-23)11-21-17(24)22-12-19(20)15-7-13-6-14(9-15)10-16(19)8-13/h13-16,25H,2-12,20H2,1H3,(H2,21,22,24). The Hall–Kier alpha value is -0.850. The molecule has 1 aliphatic heterocycles. The lowest BCUT2D eigenvalue weighted by atomic mass is 9.49. The second-order valence-corrected chi connectivity index (χ2v) is 9.48. The van der Waals surface area contributed by atoms with Gasteiger partial charge in [-0.05, 0) is 75.7 Å². The van der Waals surface area contributed by atoms with Crippen LogP contribution in [0.15, 0.2) is 0 Å². The number of nitrogens with zero attached hydrogens (tertiary/aromatic N) is 1. The second kappa shape index (κ2) is 6.39. The number of rotatable bonds is 4. The first-order valence-corrected chi connectivity index (χ1v) is 10.1. The third kappa shape index (κ3) is 3.40. The van der Waals surface area contributed by atoms with Crippen molar-refractivity contribution in [3.8, 4) is 0 Å². The lowest BCUT2D eigenvalue weighted by molar-refractivity contribution is -0.0531. The van der Waals surface area contributed by atoms with E-state index in [0.717, 1.165) is 24.9 Å². The minimum absolute atomic E-state index is 0.189. The van der Waals surface area contributed by atoms with E-state index in [9.17, 15) is 9.90 Å². The number of carbonyl (C=O) groups is 1. The summed E-state index contributed by atoms with van der Waals surface area (Å²) in [6, 6.07) is -0.189. The minimum atomic E-state index is -0.771. The van der Waals surface area contributed by atoms with Gasteiger partial charge < -0.3 is 26.4 Å². The van der Waals surface area contributed by atoms with Crippen molar-refractivity contribution in [2.24, 2.45) is 29.4 Å². The number of amides is 2. The number of nitrogens with two attached hydrogens (primary N) is 1. The lowest BCUT2D eigenvalue weighted by Gasteiger charge is -2.59. The molecular weight excluding hydrogens is 316 g/mol. The SMILES string of the molecule is CN1CCC(O)(CNC(=O)NCC2(N)C3CC4CC(C3)CC2C4)CC1. The van der Waals surface area contributed by atoms with Gasteiger partial charge in [-0.15, -0.1) is 0 Å². The molecule has 6 heteroatoms. The normalized spacial score (nSPS) is 42.4. The summed E-state index contributed by atoms with van der Waals surface area (Å²) in [5, 5.41) is 16.5. The van der Waals surface area contributed by atoms with Crippen molar-refractivity contribution in [2.75, 3.05) is 33.2 Å². The zero-order chi connectivity index (χ0) is 17.7. The van der Waals surface area contributed by atoms with Gasteiger partial charge in [0.25, 0.3) is 0 Å². The van der Waals surface area contributed by atoms with Gasteiger partial charge in [-0.3, -0.25) is 0 Å². The molecule has 0 radical (unpaired) electrons. The van der Waals surface area contributed by atoms with Gasteiger partial charge in [-0.2, -0.15) is 0 Å². The van der Waals surface area contributed by atoms with E-state index in [1.807, 2.05) is 0 Å². The molecule has 5 rings (SSSR count). The molecule has 6 nitrogen and oxygen atoms in total. The van der Waals surface area contributed by atoms with Gasteiger partial charge in [0, 0.05) is 31.7 Å². The number of nitrogens with one attached hydrogen (secondary N) is 2. The van der Waals surface area contributed by atoms with Gasteiger partial charge >= 0.3 is 6.03 Å². The predicted octanol–water partition coefficient (Wildman–Crippen LogP) is 0.896. The van der Waals surface area contributed by atoms with Crippen molar-refractivity contribution in [3.05, 3.63) is 0 Å². The van der Waals surface area contributed by atoms with Crippen molar-refractivity contribution in [3.63, 3.8) is 0 Å². The molecule has 5 N–H and O–H groups in total. The van der Waals surface area contributed by atoms with Crippen molar-refractivity contribution in [1.29, 1.82) is 0 Å². The molecule has 0 aromatic rings. The molecule has 0 atom stereocenters. The summed E-state index contributed by atoms with van der Waals surface area (Å²) in [4.78, 5) is 14.5. The minimum Gasteiger partial charge on any atom is -0.388 e. The summed E-state index contributed by atoms with van der Waals surface area (Å²) in [6.07, 6.45) is 7.82. The first-order chi connectivity index (χ1) is 11.9. The summed E-state index contributed by atoms with van der Waals surface area (Å²) in [7, 11) is 2.06. The summed E-state index contributed by atoms with van der Waals surface area (Å²) in [5.41, 5.74) is 5.82. The zero-order valence-electron chi connectivity index (χ0n) is 15.5. The molecule has 1 saturated heterocycles. The van der Waals surface area contributed by atoms with Gasteiger partial charge in [0.15, 0.2) is 0 Å². The molecule has 2 amide bonds. The van der Waals surface area contributed by atoms with Crippen molar-refractivity contribution in [1.82, 2.24) is 15.5 Å². The monoisotopic (exact) mass is 350 g/mol. The quantitative estimate of drug-likeness (QED) is 0.606. The van der Waals surface area contributed by atoms with Crippen molar-refractivity contribution >= 4 is 6.03 Å². The molecular formula is C19H34N4O2. The van der Waals surface area contributed by atoms with Crippen LogP contribution in [0.1, 0.15) is 44.9 Å². The molecule has 1 heterocycles. The topological polar surface area (TPSA) is 90.6 Å². The Kier molecular flexibility index (Phi) is 4.49. The zero-order valence-corrected chi connectivity index (χ0v) is 15.5. The van der Waals surface area contributed by atoms with Gasteiger partial charge in [0.2, 0.25) is 0 Å². The average molecular weight is 351 g/mol. The molecule has 0 aromatic heterocycles. The molecule has 4 bridgehead atoms. The van der Waals surface area contributed by atoms with Gasteiger partial charge in [-0.1, -0.05) is 0 Å². The van der Waals surface area contributed by atoms with Gasteiger partial charge in [-0.25, -0.2) is 4.79 Å². The maximum atomic E-state index is 12.3. The van der Waals surface area contributed by atoms with Gasteiger partial charge in [0.05, 0.1) is 5.60 Å². The first kappa shape index (κ1) is 17.6. The fourth-order valence-corrected chi connectivity index (χ4v) is 6.10. The van der Waals surface area contributed by atoms with E-state index in [-0.39, 0.29) is 11.6 Å². The number of aliphatic hydroxyl groups is 1. The highest BCUT2D eigenvalue weighted by atomic mass is 16.3. The van der Waals surface area contributed by atoms with E-state index in [4.69, 9.17) is 5.73 Å². The van der Waals surface area contributed by atoms with Crippen molar-refractivity contribution in [2.45, 2.75) is 56.1 Å². The lowest BCUT2D eigenvalue weighted by Crippen LogP contribution is -2.67. The number of urea groups is 1. The fraction of sp³-hybridized carbons (Fsp3) is 0.947. The maximum absolute atomic E-state index is 12.3. The summed E-state index contributed by atoms with van der Waals surface area (Å²) in [5.74, 6) is 2.91. The van der Waals surface area contributed by atoms with Crippen LogP contribution >= 0.6 is 0 Å². The Labute approximate surface area is 150 Å². The largest absolute Gasteiger partial charge is 0.388 e. The second-order valence-electron chi connectivity index (χ2n) is 9.48. The summed E-state index contributed by atoms with van der Waals surface area (Å²) >= 11 is 0. The number of likely N-dealkylation sites (tertiary alicyclic amines) is 1. The van der Waals surface area contributed by atoms with E-state index in [2.05, 4.69) is 22.6 Å². The average Bonchev–Trinajstić information content (AvgIpc) is 2.59. The smallest absolute Gasteiger partial charge is 0.314 e. The molecule has 0 unspecified atom stereocenters. The van der Waals surface area contributed by atoms with Crippen LogP contribution in [0.5, 0.6) is 0 Å². The Morgan fingerprint density at radius 3 is 2.12 bits per heavy atom. The highest BCUT2D eigenvalue weighted by Crippen LogP contribution is 2.57. The van der Waals surface area contributed by atoms with Gasteiger partial charge in [0.1, 0.15) is 0 Å². The molecule has 0 aromatic carbocycles. The van der Waals surface area contributed by atoms with Crippen LogP contribution in [0.25, 0.3) is 0 Å². The van der Waals surface area contributed by atoms with Crippen LogP contribution in [0.2, 0.25) is 0 Å². The Bertz CT molecular complexity index is 488. The Morgan fingerprint density at radius 2 is 1.56 bits per heavy atom. The molecule has 4 aliphatic carbocycles. The van der Waals surface area contributed by atoms with E-state index in [1.165, 1.54) is 32.1 Å². The van der Waals surface area contributed by atoms with E-state index in [0.29, 0.717) is 37.8 Å². The van der Waals surface area contributed by atoms with Crippen LogP contribution in [0.4, 0.5) is 4.79 Å². The summed E-state index contributed by atoms with van der Waals surface area (Å²) < 4.78 is 0. The third-order valence-corrected chi connectivity index (χ3v) is 7.71. The van der Waals surface area contributed by atoms with Crippen LogP contribution in [0, 0.1) is 23.7 Å². The molecule has 4 saturated carbocycles. The summed E-state index contributed by atoms with van der Waals surface area (Å²) in [6.45, 7) is 2.63. The van der Waals surface area contributed by atoms with Crippen LogP contribution in [-0.2, 0) is 0 Å². The fourth-order valence-electron chi connectivity index (χ4n) is 6.10. The van der Waals surface area contributed by atoms with Crippen molar-refractivity contribution < 1.29 is 9.90 Å².